The first-order valence-corrected chi connectivity index (χ1v) is 18.3. The Bertz CT molecular complexity index is 3260. The van der Waals surface area contributed by atoms with Gasteiger partial charge in [-0.15, -0.1) is 0 Å². The molecule has 4 aromatic heterocycles. The Kier molecular flexibility index (Phi) is 6.87. The van der Waals surface area contributed by atoms with E-state index in [-0.39, 0.29) is 5.56 Å². The molecule has 0 bridgehead atoms. The molecule has 11 rings (SSSR count). The molecular formula is C48H30N6O. The third-order valence-corrected chi connectivity index (χ3v) is 10.5. The number of pyridine rings is 1. The highest BCUT2D eigenvalue weighted by Crippen LogP contribution is 2.40. The molecule has 0 fully saturated rings. The number of nitrogens with zero attached hydrogens (tertiary/aromatic N) is 6. The van der Waals surface area contributed by atoms with E-state index in [0.717, 1.165) is 71.6 Å². The smallest absolute Gasteiger partial charge is 0.265 e. The SMILES string of the molecule is O=c1c2c3ccccc3n(-c3ccccc3)c2c2cc3c(cc2n1-c1ccccc1)c1ccccc1n3-c1nc(-c2ccccc2)nc(-c2ccccc2)n1. The summed E-state index contributed by atoms with van der Waals surface area (Å²) < 4.78 is 6.24. The maximum atomic E-state index is 15.1. The number of hydrogen-bond donors (Lipinski definition) is 0. The fourth-order valence-corrected chi connectivity index (χ4v) is 8.10. The summed E-state index contributed by atoms with van der Waals surface area (Å²) >= 11 is 0. The molecule has 0 spiro atoms. The van der Waals surface area contributed by atoms with Crippen LogP contribution in [-0.2, 0) is 0 Å². The van der Waals surface area contributed by atoms with Gasteiger partial charge in [0.15, 0.2) is 11.6 Å². The van der Waals surface area contributed by atoms with Crippen molar-refractivity contribution in [3.05, 3.63) is 192 Å². The van der Waals surface area contributed by atoms with Gasteiger partial charge in [-0.05, 0) is 48.5 Å². The van der Waals surface area contributed by atoms with Crippen molar-refractivity contribution in [3.8, 4) is 40.1 Å². The number of benzene rings is 7. The molecule has 0 saturated carbocycles. The zero-order chi connectivity index (χ0) is 36.5. The van der Waals surface area contributed by atoms with Gasteiger partial charge in [0, 0.05) is 44.0 Å². The third-order valence-electron chi connectivity index (χ3n) is 10.5. The molecule has 4 heterocycles. The van der Waals surface area contributed by atoms with Crippen LogP contribution in [0.1, 0.15) is 0 Å². The van der Waals surface area contributed by atoms with E-state index in [1.807, 2.05) is 132 Å². The molecule has 0 N–H and O–H groups in total. The van der Waals surface area contributed by atoms with E-state index in [0.29, 0.717) is 23.0 Å². The predicted molar refractivity (Wildman–Crippen MR) is 222 cm³/mol. The van der Waals surface area contributed by atoms with Crippen molar-refractivity contribution in [2.24, 2.45) is 0 Å². The lowest BCUT2D eigenvalue weighted by Crippen LogP contribution is -2.19. The number of rotatable bonds is 5. The van der Waals surface area contributed by atoms with Gasteiger partial charge in [-0.2, -0.15) is 9.97 Å². The molecule has 7 aromatic carbocycles. The molecule has 258 valence electrons. The molecule has 7 nitrogen and oxygen atoms in total. The quantitative estimate of drug-likeness (QED) is 0.179. The maximum absolute atomic E-state index is 15.1. The zero-order valence-electron chi connectivity index (χ0n) is 29.4. The van der Waals surface area contributed by atoms with Crippen molar-refractivity contribution < 1.29 is 0 Å². The first-order chi connectivity index (χ1) is 27.2. The molecular weight excluding hydrogens is 677 g/mol. The molecule has 0 aliphatic carbocycles. The zero-order valence-corrected chi connectivity index (χ0v) is 29.4. The Morgan fingerprint density at radius 2 is 0.818 bits per heavy atom. The topological polar surface area (TPSA) is 70.5 Å². The van der Waals surface area contributed by atoms with E-state index in [9.17, 15) is 0 Å². The summed E-state index contributed by atoms with van der Waals surface area (Å²) in [6.45, 7) is 0. The van der Waals surface area contributed by atoms with Crippen LogP contribution in [0.2, 0.25) is 0 Å². The second kappa shape index (κ2) is 12.2. The fraction of sp³-hybridized carbons (Fsp3) is 0. The van der Waals surface area contributed by atoms with Crippen LogP contribution in [-0.4, -0.2) is 28.7 Å². The Labute approximate surface area is 314 Å². The second-order valence-electron chi connectivity index (χ2n) is 13.6. The van der Waals surface area contributed by atoms with Crippen LogP contribution in [0.3, 0.4) is 0 Å². The Morgan fingerprint density at radius 3 is 1.42 bits per heavy atom. The maximum Gasteiger partial charge on any atom is 0.265 e. The fourth-order valence-electron chi connectivity index (χ4n) is 8.10. The van der Waals surface area contributed by atoms with E-state index in [1.165, 1.54) is 0 Å². The molecule has 0 radical (unpaired) electrons. The van der Waals surface area contributed by atoms with Crippen molar-refractivity contribution >= 4 is 54.5 Å². The molecule has 0 amide bonds. The summed E-state index contributed by atoms with van der Waals surface area (Å²) in [5, 5.41) is 4.50. The first-order valence-electron chi connectivity index (χ1n) is 18.3. The van der Waals surface area contributed by atoms with Crippen LogP contribution >= 0.6 is 0 Å². The van der Waals surface area contributed by atoms with Crippen molar-refractivity contribution in [1.82, 2.24) is 28.7 Å². The monoisotopic (exact) mass is 706 g/mol. The van der Waals surface area contributed by atoms with Gasteiger partial charge >= 0.3 is 0 Å². The highest BCUT2D eigenvalue weighted by atomic mass is 16.1. The lowest BCUT2D eigenvalue weighted by Gasteiger charge is -2.15. The minimum absolute atomic E-state index is 0.0693. The van der Waals surface area contributed by atoms with Gasteiger partial charge < -0.3 is 4.57 Å². The highest BCUT2D eigenvalue weighted by Gasteiger charge is 2.24. The van der Waals surface area contributed by atoms with Crippen LogP contribution in [0.4, 0.5) is 0 Å². The summed E-state index contributed by atoms with van der Waals surface area (Å²) in [6, 6.07) is 61.2. The lowest BCUT2D eigenvalue weighted by atomic mass is 10.1. The van der Waals surface area contributed by atoms with Crippen LogP contribution < -0.4 is 5.56 Å². The Morgan fingerprint density at radius 1 is 0.364 bits per heavy atom. The lowest BCUT2D eigenvalue weighted by molar-refractivity contribution is 0.953. The van der Waals surface area contributed by atoms with Crippen LogP contribution in [0.15, 0.2) is 187 Å². The Hall–Kier alpha value is -7.64. The highest BCUT2D eigenvalue weighted by molar-refractivity contribution is 6.22. The van der Waals surface area contributed by atoms with Crippen LogP contribution in [0, 0.1) is 0 Å². The van der Waals surface area contributed by atoms with Crippen molar-refractivity contribution in [2.75, 3.05) is 0 Å². The average molecular weight is 707 g/mol. The molecule has 0 saturated heterocycles. The van der Waals surface area contributed by atoms with Crippen LogP contribution in [0.5, 0.6) is 0 Å². The summed E-state index contributed by atoms with van der Waals surface area (Å²) in [6.07, 6.45) is 0. The van der Waals surface area contributed by atoms with E-state index in [4.69, 9.17) is 15.0 Å². The minimum atomic E-state index is -0.0693. The first kappa shape index (κ1) is 30.9. The summed E-state index contributed by atoms with van der Waals surface area (Å²) in [5.41, 5.74) is 8.00. The third kappa shape index (κ3) is 4.77. The van der Waals surface area contributed by atoms with E-state index < -0.39 is 0 Å². The second-order valence-corrected chi connectivity index (χ2v) is 13.6. The largest absolute Gasteiger partial charge is 0.308 e. The Balaban J connectivity index is 1.34. The number of fused-ring (bicyclic) bond motifs is 8. The van der Waals surface area contributed by atoms with Gasteiger partial charge in [-0.25, -0.2) is 4.98 Å². The average Bonchev–Trinajstić information content (AvgIpc) is 3.78. The molecule has 11 aromatic rings. The molecule has 0 atom stereocenters. The number of para-hydroxylation sites is 4. The van der Waals surface area contributed by atoms with Gasteiger partial charge in [0.2, 0.25) is 5.95 Å². The van der Waals surface area contributed by atoms with Crippen molar-refractivity contribution in [2.45, 2.75) is 0 Å². The molecule has 0 aliphatic rings. The van der Waals surface area contributed by atoms with Gasteiger partial charge in [-0.1, -0.05) is 133 Å². The van der Waals surface area contributed by atoms with E-state index in [1.54, 1.807) is 0 Å². The molecule has 7 heteroatoms. The molecule has 0 unspecified atom stereocenters. The minimum Gasteiger partial charge on any atom is -0.308 e. The van der Waals surface area contributed by atoms with Crippen molar-refractivity contribution in [3.63, 3.8) is 0 Å². The summed E-state index contributed by atoms with van der Waals surface area (Å²) in [5.74, 6) is 1.68. The van der Waals surface area contributed by atoms with Crippen LogP contribution in [0.25, 0.3) is 94.6 Å². The molecule has 55 heavy (non-hydrogen) atoms. The van der Waals surface area contributed by atoms with Gasteiger partial charge in [0.25, 0.3) is 5.56 Å². The summed E-state index contributed by atoms with van der Waals surface area (Å²) in [7, 11) is 0. The number of hydrogen-bond acceptors (Lipinski definition) is 4. The van der Waals surface area contributed by atoms with E-state index >= 15 is 4.79 Å². The predicted octanol–water partition coefficient (Wildman–Crippen LogP) is 10.7. The standard InChI is InChI=1S/C48H30N6O/c55-47-43-36-26-14-16-28-40(36)52(33-21-9-3-10-22-33)44(43)38-30-41-37(29-42(38)53(47)34-23-11-4-12-24-34)35-25-13-15-27-39(35)54(41)48-50-45(31-17-5-1-6-18-31)49-46(51-48)32-19-7-2-8-20-32/h1-30H. The number of aromatic nitrogens is 6. The van der Waals surface area contributed by atoms with E-state index in [2.05, 4.69) is 63.7 Å². The molecule has 0 aliphatic heterocycles. The normalized spacial score (nSPS) is 11.7. The van der Waals surface area contributed by atoms with Gasteiger partial charge in [0.1, 0.15) is 0 Å². The summed E-state index contributed by atoms with van der Waals surface area (Å²) in [4.78, 5) is 30.4. The van der Waals surface area contributed by atoms with Gasteiger partial charge in [-0.3, -0.25) is 13.9 Å². The van der Waals surface area contributed by atoms with Crippen molar-refractivity contribution in [1.29, 1.82) is 0 Å². The van der Waals surface area contributed by atoms with Gasteiger partial charge in [0.05, 0.1) is 33.0 Å².